The number of carbonyl (C=O) groups is 1. The molecule has 0 saturated heterocycles. The Morgan fingerprint density at radius 2 is 2.32 bits per heavy atom. The van der Waals surface area contributed by atoms with Crippen molar-refractivity contribution < 1.29 is 9.18 Å². The van der Waals surface area contributed by atoms with Gasteiger partial charge in [0, 0.05) is 0 Å². The van der Waals surface area contributed by atoms with E-state index in [-0.39, 0.29) is 10.8 Å². The first-order valence-corrected chi connectivity index (χ1v) is 7.07. The van der Waals surface area contributed by atoms with Crippen LogP contribution in [0.25, 0.3) is 0 Å². The number of H-pyrrole nitrogens is 1. The fraction of sp³-hybridized carbons (Fsp3) is 0.0909. The molecule has 1 amide bonds. The molecule has 8 nitrogen and oxygen atoms in total. The number of tetrazole rings is 1. The van der Waals surface area contributed by atoms with Crippen LogP contribution in [0.2, 0.25) is 5.02 Å². The summed E-state index contributed by atoms with van der Waals surface area (Å²) in [4.78, 5) is 12.5. The van der Waals surface area contributed by atoms with Gasteiger partial charge in [-0.1, -0.05) is 27.4 Å². The zero-order valence-electron chi connectivity index (χ0n) is 10.7. The first-order valence-electron chi connectivity index (χ1n) is 5.91. The summed E-state index contributed by atoms with van der Waals surface area (Å²) in [5.74, 6) is -0.853. The summed E-state index contributed by atoms with van der Waals surface area (Å²) in [6.07, 6.45) is 1.33. The van der Waals surface area contributed by atoms with Crippen molar-refractivity contribution in [3.8, 4) is 0 Å². The van der Waals surface area contributed by atoms with Gasteiger partial charge in [0.2, 0.25) is 5.82 Å². The van der Waals surface area contributed by atoms with E-state index in [1.54, 1.807) is 6.07 Å². The van der Waals surface area contributed by atoms with Gasteiger partial charge < -0.3 is 5.32 Å². The summed E-state index contributed by atoms with van der Waals surface area (Å²) >= 11 is 6.61. The van der Waals surface area contributed by atoms with Crippen molar-refractivity contribution in [3.63, 3.8) is 0 Å². The van der Waals surface area contributed by atoms with Gasteiger partial charge >= 0.3 is 0 Å². The number of halogens is 2. The van der Waals surface area contributed by atoms with Gasteiger partial charge in [-0.15, -0.1) is 15.3 Å². The predicted octanol–water partition coefficient (Wildman–Crippen LogP) is 1.36. The molecular weight excluding hydrogens is 333 g/mol. The van der Waals surface area contributed by atoms with Crippen LogP contribution in [0, 0.1) is 5.82 Å². The number of nitrogens with zero attached hydrogens (tertiary/aromatic N) is 5. The maximum absolute atomic E-state index is 13.7. The quantitative estimate of drug-likeness (QED) is 0.742. The SMILES string of the molecule is O=C(NC(c1ccc(Cl)c(F)c1)c1nn[nH]n1)c1cnns1. The maximum Gasteiger partial charge on any atom is 0.265 e. The van der Waals surface area contributed by atoms with Crippen LogP contribution in [0.4, 0.5) is 4.39 Å². The van der Waals surface area contributed by atoms with Crippen molar-refractivity contribution in [3.05, 3.63) is 51.5 Å². The van der Waals surface area contributed by atoms with Crippen LogP contribution in [0.5, 0.6) is 0 Å². The third kappa shape index (κ3) is 2.92. The van der Waals surface area contributed by atoms with Crippen LogP contribution >= 0.6 is 23.1 Å². The molecule has 11 heteroatoms. The highest BCUT2D eigenvalue weighted by Gasteiger charge is 2.23. The van der Waals surface area contributed by atoms with Crippen molar-refractivity contribution in [2.24, 2.45) is 0 Å². The number of nitrogens with one attached hydrogen (secondary N) is 2. The first-order chi connectivity index (χ1) is 10.6. The molecule has 0 bridgehead atoms. The fourth-order valence-corrected chi connectivity index (χ4v) is 2.29. The highest BCUT2D eigenvalue weighted by atomic mass is 35.5. The van der Waals surface area contributed by atoms with Gasteiger partial charge in [-0.2, -0.15) is 5.21 Å². The maximum atomic E-state index is 13.7. The second kappa shape index (κ2) is 6.12. The third-order valence-corrected chi connectivity index (χ3v) is 3.73. The Morgan fingerprint density at radius 3 is 2.95 bits per heavy atom. The van der Waals surface area contributed by atoms with Gasteiger partial charge in [0.25, 0.3) is 5.91 Å². The standard InChI is InChI=1S/C11H7ClFN7OS/c12-6-2-1-5(3-7(6)13)9(10-16-18-19-17-10)15-11(21)8-4-14-20-22-8/h1-4,9H,(H,15,21)(H,16,17,18,19). The lowest BCUT2D eigenvalue weighted by atomic mass is 10.1. The van der Waals surface area contributed by atoms with E-state index >= 15 is 0 Å². The minimum absolute atomic E-state index is 0.0198. The first kappa shape index (κ1) is 14.5. The second-order valence-electron chi connectivity index (χ2n) is 4.13. The lowest BCUT2D eigenvalue weighted by Gasteiger charge is -2.15. The Bertz CT molecular complexity index is 780. The topological polar surface area (TPSA) is 109 Å². The van der Waals surface area contributed by atoms with Gasteiger partial charge in [-0.05, 0) is 29.2 Å². The van der Waals surface area contributed by atoms with E-state index < -0.39 is 17.8 Å². The Morgan fingerprint density at radius 1 is 1.45 bits per heavy atom. The number of carbonyl (C=O) groups excluding carboxylic acids is 1. The number of amides is 1. The zero-order chi connectivity index (χ0) is 15.5. The largest absolute Gasteiger partial charge is 0.337 e. The van der Waals surface area contributed by atoms with Crippen LogP contribution in [0.1, 0.15) is 27.1 Å². The monoisotopic (exact) mass is 339 g/mol. The van der Waals surface area contributed by atoms with E-state index in [1.165, 1.54) is 18.3 Å². The van der Waals surface area contributed by atoms with Crippen LogP contribution in [0.3, 0.4) is 0 Å². The molecule has 0 aliphatic carbocycles. The van der Waals surface area contributed by atoms with Gasteiger partial charge in [0.05, 0.1) is 11.2 Å². The highest BCUT2D eigenvalue weighted by molar-refractivity contribution is 7.07. The summed E-state index contributed by atoms with van der Waals surface area (Å²) < 4.78 is 17.3. The molecule has 22 heavy (non-hydrogen) atoms. The molecule has 2 heterocycles. The van der Waals surface area contributed by atoms with E-state index in [9.17, 15) is 9.18 Å². The number of rotatable bonds is 4. The summed E-state index contributed by atoms with van der Waals surface area (Å²) in [6, 6.07) is 3.37. The minimum atomic E-state index is -0.792. The molecule has 3 rings (SSSR count). The van der Waals surface area contributed by atoms with E-state index in [0.717, 1.165) is 11.5 Å². The molecule has 0 spiro atoms. The molecule has 0 saturated carbocycles. The molecule has 0 fully saturated rings. The summed E-state index contributed by atoms with van der Waals surface area (Å²) in [7, 11) is 0. The Kier molecular flexibility index (Phi) is 4.02. The second-order valence-corrected chi connectivity index (χ2v) is 5.32. The summed E-state index contributed by atoms with van der Waals surface area (Å²) in [5, 5.41) is 19.7. The average molecular weight is 340 g/mol. The Labute approximate surface area is 131 Å². The number of hydrogen-bond donors (Lipinski definition) is 2. The van der Waals surface area contributed by atoms with E-state index in [0.29, 0.717) is 10.4 Å². The molecule has 3 aromatic rings. The normalized spacial score (nSPS) is 12.1. The molecule has 1 aromatic carbocycles. The number of aromatic amines is 1. The Balaban J connectivity index is 1.94. The van der Waals surface area contributed by atoms with Gasteiger partial charge in [0.1, 0.15) is 16.7 Å². The zero-order valence-corrected chi connectivity index (χ0v) is 12.3. The molecule has 2 aromatic heterocycles. The van der Waals surface area contributed by atoms with Crippen molar-refractivity contribution in [1.29, 1.82) is 0 Å². The van der Waals surface area contributed by atoms with Crippen molar-refractivity contribution in [2.75, 3.05) is 0 Å². The van der Waals surface area contributed by atoms with Crippen molar-refractivity contribution >= 4 is 29.0 Å². The van der Waals surface area contributed by atoms with Crippen LogP contribution in [0.15, 0.2) is 24.4 Å². The number of hydrogen-bond acceptors (Lipinski definition) is 7. The highest BCUT2D eigenvalue weighted by Crippen LogP contribution is 2.23. The van der Waals surface area contributed by atoms with Crippen molar-refractivity contribution in [1.82, 2.24) is 35.5 Å². The molecule has 112 valence electrons. The van der Waals surface area contributed by atoms with E-state index in [2.05, 4.69) is 35.5 Å². The summed E-state index contributed by atoms with van der Waals surface area (Å²) in [6.45, 7) is 0. The van der Waals surface area contributed by atoms with Crippen LogP contribution in [-0.2, 0) is 0 Å². The van der Waals surface area contributed by atoms with Gasteiger partial charge in [0.15, 0.2) is 0 Å². The van der Waals surface area contributed by atoms with Crippen LogP contribution < -0.4 is 5.32 Å². The lowest BCUT2D eigenvalue weighted by molar-refractivity contribution is 0.0945. The van der Waals surface area contributed by atoms with Gasteiger partial charge in [-0.25, -0.2) is 4.39 Å². The smallest absolute Gasteiger partial charge is 0.265 e. The lowest BCUT2D eigenvalue weighted by Crippen LogP contribution is -2.29. The van der Waals surface area contributed by atoms with Gasteiger partial charge in [-0.3, -0.25) is 4.79 Å². The fourth-order valence-electron chi connectivity index (χ4n) is 1.75. The number of benzene rings is 1. The molecular formula is C11H7ClFN7OS. The summed E-state index contributed by atoms with van der Waals surface area (Å²) in [5.41, 5.74) is 0.425. The minimum Gasteiger partial charge on any atom is -0.337 e. The van der Waals surface area contributed by atoms with E-state index in [1.807, 2.05) is 0 Å². The molecule has 0 aliphatic rings. The van der Waals surface area contributed by atoms with E-state index in [4.69, 9.17) is 11.6 Å². The third-order valence-electron chi connectivity index (χ3n) is 2.76. The molecule has 0 radical (unpaired) electrons. The molecule has 0 aliphatic heterocycles. The predicted molar refractivity (Wildman–Crippen MR) is 74.8 cm³/mol. The van der Waals surface area contributed by atoms with Crippen LogP contribution in [-0.4, -0.2) is 36.1 Å². The molecule has 1 unspecified atom stereocenters. The molecule has 2 N–H and O–H groups in total. The Hall–Kier alpha value is -2.46. The number of aromatic nitrogens is 6. The van der Waals surface area contributed by atoms with Crippen molar-refractivity contribution in [2.45, 2.75) is 6.04 Å². The molecule has 1 atom stereocenters. The average Bonchev–Trinajstić information content (AvgIpc) is 3.20.